The lowest BCUT2D eigenvalue weighted by Crippen LogP contribution is -1.99. The molecule has 1 aliphatic carbocycles. The van der Waals surface area contributed by atoms with Crippen molar-refractivity contribution in [3.63, 3.8) is 0 Å². The number of anilines is 1. The summed E-state index contributed by atoms with van der Waals surface area (Å²) in [4.78, 5) is 2.86. The minimum absolute atomic E-state index is 0.633. The molecule has 0 fully saturated rings. The predicted octanol–water partition coefficient (Wildman–Crippen LogP) is 4.37. The van der Waals surface area contributed by atoms with Gasteiger partial charge in [-0.25, -0.2) is 0 Å². The second-order valence-corrected chi connectivity index (χ2v) is 6.33. The van der Waals surface area contributed by atoms with Crippen LogP contribution in [0.25, 0.3) is 0 Å². The number of hydrogen-bond donors (Lipinski definition) is 1. The van der Waals surface area contributed by atoms with E-state index in [9.17, 15) is 0 Å². The fourth-order valence-electron chi connectivity index (χ4n) is 2.42. The highest BCUT2D eigenvalue weighted by Crippen LogP contribution is 2.31. The summed E-state index contributed by atoms with van der Waals surface area (Å²) in [6, 6.07) is 9.77. The number of rotatable bonds is 3. The molecular formula is C15H13ClN2S. The molecule has 2 aromatic rings. The molecule has 19 heavy (non-hydrogen) atoms. The second kappa shape index (κ2) is 5.24. The molecule has 96 valence electrons. The minimum Gasteiger partial charge on any atom is -0.379 e. The van der Waals surface area contributed by atoms with Crippen LogP contribution in [-0.4, -0.2) is 0 Å². The van der Waals surface area contributed by atoms with Gasteiger partial charge in [-0.3, -0.25) is 0 Å². The topological polar surface area (TPSA) is 35.8 Å². The van der Waals surface area contributed by atoms with E-state index in [-0.39, 0.29) is 0 Å². The summed E-state index contributed by atoms with van der Waals surface area (Å²) in [7, 11) is 0. The largest absolute Gasteiger partial charge is 0.379 e. The van der Waals surface area contributed by atoms with Crippen LogP contribution in [0.5, 0.6) is 0 Å². The maximum absolute atomic E-state index is 9.07. The van der Waals surface area contributed by atoms with Crippen LogP contribution >= 0.6 is 22.9 Å². The van der Waals surface area contributed by atoms with Crippen molar-refractivity contribution in [3.05, 3.63) is 50.2 Å². The lowest BCUT2D eigenvalue weighted by molar-refractivity contribution is 0.913. The van der Waals surface area contributed by atoms with E-state index in [0.717, 1.165) is 12.2 Å². The van der Waals surface area contributed by atoms with Gasteiger partial charge in [0.1, 0.15) is 6.07 Å². The van der Waals surface area contributed by atoms with Gasteiger partial charge >= 0.3 is 0 Å². The molecular weight excluding hydrogens is 276 g/mol. The Kier molecular flexibility index (Phi) is 3.46. The maximum Gasteiger partial charge on any atom is 0.101 e. The molecule has 1 aromatic carbocycles. The van der Waals surface area contributed by atoms with Crippen LogP contribution in [0.2, 0.25) is 5.02 Å². The number of nitrogens with zero attached hydrogens (tertiary/aromatic N) is 1. The first-order valence-corrected chi connectivity index (χ1v) is 7.49. The Morgan fingerprint density at radius 1 is 1.32 bits per heavy atom. The molecule has 1 heterocycles. The van der Waals surface area contributed by atoms with Crippen LogP contribution in [-0.2, 0) is 19.4 Å². The summed E-state index contributed by atoms with van der Waals surface area (Å²) in [5.74, 6) is 0. The van der Waals surface area contributed by atoms with Crippen LogP contribution < -0.4 is 5.32 Å². The molecule has 3 rings (SSSR count). The molecule has 0 amide bonds. The molecule has 1 N–H and O–H groups in total. The number of thiophene rings is 1. The van der Waals surface area contributed by atoms with Gasteiger partial charge in [0.25, 0.3) is 0 Å². The zero-order chi connectivity index (χ0) is 13.2. The summed E-state index contributed by atoms with van der Waals surface area (Å²) in [6.45, 7) is 0.757. The van der Waals surface area contributed by atoms with Gasteiger partial charge in [-0.2, -0.15) is 5.26 Å². The zero-order valence-corrected chi connectivity index (χ0v) is 11.9. The third-order valence-corrected chi connectivity index (χ3v) is 4.82. The van der Waals surface area contributed by atoms with E-state index in [0.29, 0.717) is 10.6 Å². The van der Waals surface area contributed by atoms with E-state index in [1.54, 1.807) is 18.2 Å². The molecule has 1 aromatic heterocycles. The van der Waals surface area contributed by atoms with Crippen molar-refractivity contribution in [1.82, 2.24) is 0 Å². The number of benzene rings is 1. The van der Waals surface area contributed by atoms with Gasteiger partial charge in [0, 0.05) is 21.3 Å². The maximum atomic E-state index is 9.07. The fraction of sp³-hybridized carbons (Fsp3) is 0.267. The summed E-state index contributed by atoms with van der Waals surface area (Å²) in [5.41, 5.74) is 2.95. The van der Waals surface area contributed by atoms with E-state index < -0.39 is 0 Å². The van der Waals surface area contributed by atoms with Crippen molar-refractivity contribution in [3.8, 4) is 6.07 Å². The molecule has 4 heteroatoms. The van der Waals surface area contributed by atoms with Crippen molar-refractivity contribution in [2.45, 2.75) is 25.8 Å². The fourth-order valence-corrected chi connectivity index (χ4v) is 3.79. The molecule has 0 unspecified atom stereocenters. The molecule has 0 spiro atoms. The Labute approximate surface area is 121 Å². The second-order valence-electron chi connectivity index (χ2n) is 4.67. The Balaban J connectivity index is 1.75. The van der Waals surface area contributed by atoms with Gasteiger partial charge in [0.05, 0.1) is 11.3 Å². The molecule has 2 nitrogen and oxygen atoms in total. The van der Waals surface area contributed by atoms with Crippen molar-refractivity contribution in [2.24, 2.45) is 0 Å². The van der Waals surface area contributed by atoms with Gasteiger partial charge in [-0.1, -0.05) is 11.6 Å². The van der Waals surface area contributed by atoms with Crippen molar-refractivity contribution in [1.29, 1.82) is 5.26 Å². The SMILES string of the molecule is N#Cc1ccc(Cl)cc1NCc1cc2c(s1)CCC2. The third-order valence-electron chi connectivity index (χ3n) is 3.35. The zero-order valence-electron chi connectivity index (χ0n) is 10.4. The Bertz CT molecular complexity index is 633. The first-order chi connectivity index (χ1) is 9.26. The van der Waals surface area contributed by atoms with Crippen LogP contribution in [0.4, 0.5) is 5.69 Å². The average molecular weight is 289 g/mol. The Morgan fingerprint density at radius 2 is 2.21 bits per heavy atom. The molecule has 0 aliphatic heterocycles. The third kappa shape index (κ3) is 2.60. The van der Waals surface area contributed by atoms with Crippen molar-refractivity contribution in [2.75, 3.05) is 5.32 Å². The van der Waals surface area contributed by atoms with Gasteiger partial charge in [0.2, 0.25) is 0 Å². The smallest absolute Gasteiger partial charge is 0.101 e. The van der Waals surface area contributed by atoms with Crippen molar-refractivity contribution >= 4 is 28.6 Å². The van der Waals surface area contributed by atoms with E-state index in [1.165, 1.54) is 34.6 Å². The first kappa shape index (κ1) is 12.5. The first-order valence-electron chi connectivity index (χ1n) is 6.30. The quantitative estimate of drug-likeness (QED) is 0.910. The number of nitrogens with one attached hydrogen (secondary N) is 1. The van der Waals surface area contributed by atoms with Gasteiger partial charge in [-0.15, -0.1) is 11.3 Å². The van der Waals surface area contributed by atoms with Gasteiger partial charge < -0.3 is 5.32 Å². The van der Waals surface area contributed by atoms with Gasteiger partial charge in [-0.05, 0) is 49.1 Å². The van der Waals surface area contributed by atoms with E-state index in [2.05, 4.69) is 17.5 Å². The molecule has 0 atom stereocenters. The average Bonchev–Trinajstić information content (AvgIpc) is 2.97. The van der Waals surface area contributed by atoms with E-state index >= 15 is 0 Å². The standard InChI is InChI=1S/C15H13ClN2S/c16-12-5-4-11(8-17)14(7-12)18-9-13-6-10-2-1-3-15(10)19-13/h4-7,18H,1-3,9H2. The highest BCUT2D eigenvalue weighted by atomic mass is 35.5. The van der Waals surface area contributed by atoms with Crippen LogP contribution in [0.3, 0.4) is 0 Å². The summed E-state index contributed by atoms with van der Waals surface area (Å²) in [6.07, 6.45) is 3.73. The van der Waals surface area contributed by atoms with Crippen LogP contribution in [0.1, 0.15) is 27.3 Å². The number of halogens is 1. The lowest BCUT2D eigenvalue weighted by atomic mass is 10.2. The number of nitriles is 1. The number of hydrogen-bond acceptors (Lipinski definition) is 3. The lowest BCUT2D eigenvalue weighted by Gasteiger charge is -2.07. The minimum atomic E-state index is 0.633. The Morgan fingerprint density at radius 3 is 3.00 bits per heavy atom. The molecule has 0 saturated carbocycles. The summed E-state index contributed by atoms with van der Waals surface area (Å²) < 4.78 is 0. The Hall–Kier alpha value is -1.50. The predicted molar refractivity (Wildman–Crippen MR) is 79.8 cm³/mol. The highest BCUT2D eigenvalue weighted by molar-refractivity contribution is 7.12. The monoisotopic (exact) mass is 288 g/mol. The van der Waals surface area contributed by atoms with Crippen LogP contribution in [0.15, 0.2) is 24.3 Å². The van der Waals surface area contributed by atoms with E-state index in [1.807, 2.05) is 11.3 Å². The van der Waals surface area contributed by atoms with E-state index in [4.69, 9.17) is 16.9 Å². The van der Waals surface area contributed by atoms with Crippen molar-refractivity contribution < 1.29 is 0 Å². The molecule has 0 radical (unpaired) electrons. The normalized spacial score (nSPS) is 13.1. The summed E-state index contributed by atoms with van der Waals surface area (Å²) in [5, 5.41) is 13.0. The molecule has 0 bridgehead atoms. The summed E-state index contributed by atoms with van der Waals surface area (Å²) >= 11 is 7.85. The number of aryl methyl sites for hydroxylation is 2. The molecule has 0 saturated heterocycles. The van der Waals surface area contributed by atoms with Gasteiger partial charge in [0.15, 0.2) is 0 Å². The van der Waals surface area contributed by atoms with Crippen LogP contribution in [0, 0.1) is 11.3 Å². The highest BCUT2D eigenvalue weighted by Gasteiger charge is 2.14. The molecule has 1 aliphatic rings. The number of fused-ring (bicyclic) bond motifs is 1.